The van der Waals surface area contributed by atoms with Crippen LogP contribution in [0.3, 0.4) is 0 Å². The zero-order chi connectivity index (χ0) is 14.9. The molecule has 0 saturated carbocycles. The maximum Gasteiger partial charge on any atom is 0.100 e. The van der Waals surface area contributed by atoms with Crippen molar-refractivity contribution in [3.63, 3.8) is 0 Å². The maximum atomic E-state index is 2.37. The molecule has 1 heterocycles. The molecule has 0 saturated heterocycles. The monoisotopic (exact) mass is 286 g/mol. The molecule has 1 aliphatic rings. The standard InChI is InChI=1S/C20H18N2/c1-16-12-13-19-20(14-16)22(18-10-6-3-7-11-18)15-21(19)17-8-4-2-5-9-17/h2-14H,15H2,1H3. The third-order valence-corrected chi connectivity index (χ3v) is 4.13. The summed E-state index contributed by atoms with van der Waals surface area (Å²) in [4.78, 5) is 4.73. The van der Waals surface area contributed by atoms with Gasteiger partial charge in [-0.3, -0.25) is 0 Å². The molecule has 0 N–H and O–H groups in total. The smallest absolute Gasteiger partial charge is 0.100 e. The molecule has 1 aliphatic heterocycles. The number of anilines is 4. The van der Waals surface area contributed by atoms with E-state index in [0.29, 0.717) is 0 Å². The van der Waals surface area contributed by atoms with Crippen LogP contribution >= 0.6 is 0 Å². The van der Waals surface area contributed by atoms with Gasteiger partial charge in [-0.05, 0) is 48.9 Å². The van der Waals surface area contributed by atoms with Crippen molar-refractivity contribution in [3.05, 3.63) is 84.4 Å². The fourth-order valence-electron chi connectivity index (χ4n) is 3.03. The van der Waals surface area contributed by atoms with E-state index in [2.05, 4.69) is 95.6 Å². The number of hydrogen-bond acceptors (Lipinski definition) is 2. The Morgan fingerprint density at radius 2 is 1.18 bits per heavy atom. The van der Waals surface area contributed by atoms with Crippen molar-refractivity contribution in [1.82, 2.24) is 0 Å². The molecule has 3 aromatic carbocycles. The lowest BCUT2D eigenvalue weighted by Gasteiger charge is -2.22. The molecule has 0 aliphatic carbocycles. The second kappa shape index (κ2) is 5.23. The highest BCUT2D eigenvalue weighted by atomic mass is 15.4. The fraction of sp³-hybridized carbons (Fsp3) is 0.100. The third kappa shape index (κ3) is 2.13. The molecule has 0 radical (unpaired) electrons. The van der Waals surface area contributed by atoms with E-state index in [9.17, 15) is 0 Å². The first-order valence-corrected chi connectivity index (χ1v) is 7.59. The molecule has 0 fully saturated rings. The Bertz CT molecular complexity index is 781. The Kier molecular flexibility index (Phi) is 3.08. The summed E-state index contributed by atoms with van der Waals surface area (Å²) in [6, 6.07) is 27.8. The number of rotatable bonds is 2. The largest absolute Gasteiger partial charge is 0.321 e. The summed E-state index contributed by atoms with van der Waals surface area (Å²) in [6.07, 6.45) is 0. The molecule has 2 nitrogen and oxygen atoms in total. The number of nitrogens with zero attached hydrogens (tertiary/aromatic N) is 2. The highest BCUT2D eigenvalue weighted by molar-refractivity contribution is 5.87. The first kappa shape index (κ1) is 13.0. The van der Waals surface area contributed by atoms with Gasteiger partial charge in [0.1, 0.15) is 6.67 Å². The molecule has 0 amide bonds. The summed E-state index contributed by atoms with van der Waals surface area (Å²) in [6.45, 7) is 2.99. The normalized spacial score (nSPS) is 13.3. The van der Waals surface area contributed by atoms with Gasteiger partial charge in [0.2, 0.25) is 0 Å². The predicted octanol–water partition coefficient (Wildman–Crippen LogP) is 5.24. The van der Waals surface area contributed by atoms with Crippen molar-refractivity contribution in [1.29, 1.82) is 0 Å². The van der Waals surface area contributed by atoms with Crippen LogP contribution in [0.4, 0.5) is 22.7 Å². The average Bonchev–Trinajstić information content (AvgIpc) is 2.95. The Balaban J connectivity index is 1.83. The van der Waals surface area contributed by atoms with E-state index >= 15 is 0 Å². The molecule has 2 heteroatoms. The lowest BCUT2D eigenvalue weighted by atomic mass is 10.1. The van der Waals surface area contributed by atoms with Crippen LogP contribution in [0.25, 0.3) is 0 Å². The lowest BCUT2D eigenvalue weighted by Crippen LogP contribution is -2.23. The minimum Gasteiger partial charge on any atom is -0.321 e. The summed E-state index contributed by atoms with van der Waals surface area (Å²) in [5.41, 5.74) is 6.28. The first-order chi connectivity index (χ1) is 10.8. The number of fused-ring (bicyclic) bond motifs is 1. The Morgan fingerprint density at radius 3 is 1.77 bits per heavy atom. The Labute approximate surface area is 131 Å². The van der Waals surface area contributed by atoms with Gasteiger partial charge in [0.25, 0.3) is 0 Å². The molecule has 0 aromatic heterocycles. The van der Waals surface area contributed by atoms with Gasteiger partial charge in [-0.15, -0.1) is 0 Å². The lowest BCUT2D eigenvalue weighted by molar-refractivity contribution is 0.991. The van der Waals surface area contributed by atoms with E-state index in [1.807, 2.05) is 0 Å². The fourth-order valence-corrected chi connectivity index (χ4v) is 3.03. The SMILES string of the molecule is Cc1ccc2c(c1)N(c1ccccc1)CN2c1ccccc1. The number of para-hydroxylation sites is 2. The van der Waals surface area contributed by atoms with E-state index in [0.717, 1.165) is 6.67 Å². The molecule has 4 rings (SSSR count). The van der Waals surface area contributed by atoms with Gasteiger partial charge in [0.05, 0.1) is 11.4 Å². The molecule has 0 unspecified atom stereocenters. The third-order valence-electron chi connectivity index (χ3n) is 4.13. The van der Waals surface area contributed by atoms with E-state index in [1.165, 1.54) is 28.3 Å². The van der Waals surface area contributed by atoms with Gasteiger partial charge in [0, 0.05) is 11.4 Å². The Morgan fingerprint density at radius 1 is 0.636 bits per heavy atom. The van der Waals surface area contributed by atoms with E-state index in [4.69, 9.17) is 0 Å². The molecule has 3 aromatic rings. The molecule has 22 heavy (non-hydrogen) atoms. The number of hydrogen-bond donors (Lipinski definition) is 0. The first-order valence-electron chi connectivity index (χ1n) is 7.59. The van der Waals surface area contributed by atoms with Crippen molar-refractivity contribution in [2.24, 2.45) is 0 Å². The average molecular weight is 286 g/mol. The van der Waals surface area contributed by atoms with Gasteiger partial charge in [0.15, 0.2) is 0 Å². The van der Waals surface area contributed by atoms with Crippen molar-refractivity contribution >= 4 is 22.7 Å². The topological polar surface area (TPSA) is 6.48 Å². The predicted molar refractivity (Wildman–Crippen MR) is 93.2 cm³/mol. The van der Waals surface area contributed by atoms with Gasteiger partial charge >= 0.3 is 0 Å². The highest BCUT2D eigenvalue weighted by Gasteiger charge is 2.27. The van der Waals surface area contributed by atoms with E-state index < -0.39 is 0 Å². The molecule has 0 bridgehead atoms. The van der Waals surface area contributed by atoms with Crippen LogP contribution in [0.1, 0.15) is 5.56 Å². The van der Waals surface area contributed by atoms with Crippen LogP contribution in [-0.2, 0) is 0 Å². The summed E-state index contributed by atoms with van der Waals surface area (Å²) in [7, 11) is 0. The minimum atomic E-state index is 0.840. The molecule has 0 spiro atoms. The molecular formula is C20H18N2. The second-order valence-electron chi connectivity index (χ2n) is 5.66. The molecule has 108 valence electrons. The van der Waals surface area contributed by atoms with Gasteiger partial charge in [-0.2, -0.15) is 0 Å². The highest BCUT2D eigenvalue weighted by Crippen LogP contribution is 2.44. The van der Waals surface area contributed by atoms with Crippen LogP contribution in [0, 0.1) is 6.92 Å². The van der Waals surface area contributed by atoms with Gasteiger partial charge in [-0.1, -0.05) is 42.5 Å². The van der Waals surface area contributed by atoms with Crippen LogP contribution in [0.15, 0.2) is 78.9 Å². The molecular weight excluding hydrogens is 268 g/mol. The van der Waals surface area contributed by atoms with Gasteiger partial charge in [-0.25, -0.2) is 0 Å². The maximum absolute atomic E-state index is 2.37. The zero-order valence-electron chi connectivity index (χ0n) is 12.6. The number of benzene rings is 3. The van der Waals surface area contributed by atoms with Crippen molar-refractivity contribution in [2.45, 2.75) is 6.92 Å². The van der Waals surface area contributed by atoms with Crippen LogP contribution < -0.4 is 9.80 Å². The minimum absolute atomic E-state index is 0.840. The van der Waals surface area contributed by atoms with Crippen LogP contribution in [0.5, 0.6) is 0 Å². The summed E-state index contributed by atoms with van der Waals surface area (Å²) in [5.74, 6) is 0. The van der Waals surface area contributed by atoms with Gasteiger partial charge < -0.3 is 9.80 Å². The van der Waals surface area contributed by atoms with E-state index in [1.54, 1.807) is 0 Å². The van der Waals surface area contributed by atoms with Crippen LogP contribution in [0.2, 0.25) is 0 Å². The zero-order valence-corrected chi connectivity index (χ0v) is 12.6. The summed E-state index contributed by atoms with van der Waals surface area (Å²) < 4.78 is 0. The summed E-state index contributed by atoms with van der Waals surface area (Å²) >= 11 is 0. The van der Waals surface area contributed by atoms with E-state index in [-0.39, 0.29) is 0 Å². The second-order valence-corrected chi connectivity index (χ2v) is 5.66. The quantitative estimate of drug-likeness (QED) is 0.635. The van der Waals surface area contributed by atoms with Crippen molar-refractivity contribution in [2.75, 3.05) is 16.5 Å². The van der Waals surface area contributed by atoms with Crippen molar-refractivity contribution < 1.29 is 0 Å². The van der Waals surface area contributed by atoms with Crippen LogP contribution in [-0.4, -0.2) is 6.67 Å². The Hall–Kier alpha value is -2.74. The molecule has 0 atom stereocenters. The number of aryl methyl sites for hydroxylation is 1. The summed E-state index contributed by atoms with van der Waals surface area (Å²) in [5, 5.41) is 0. The van der Waals surface area contributed by atoms with Crippen molar-refractivity contribution in [3.8, 4) is 0 Å².